The maximum Gasteiger partial charge on any atom is 0.252 e. The van der Waals surface area contributed by atoms with E-state index in [2.05, 4.69) is 26.2 Å². The molecular weight excluding hydrogens is 389 g/mol. The minimum absolute atomic E-state index is 0. The van der Waals surface area contributed by atoms with Crippen molar-refractivity contribution < 1.29 is 4.79 Å². The van der Waals surface area contributed by atoms with Crippen LogP contribution in [0.3, 0.4) is 0 Å². The van der Waals surface area contributed by atoms with Crippen molar-refractivity contribution in [2.24, 2.45) is 5.73 Å². The number of hydrogen-bond donors (Lipinski definition) is 2. The molecule has 1 heterocycles. The van der Waals surface area contributed by atoms with Crippen molar-refractivity contribution in [1.82, 2.24) is 10.3 Å². The number of nitrogens with one attached hydrogen (secondary N) is 1. The Morgan fingerprint density at radius 1 is 1.32 bits per heavy atom. The lowest BCUT2D eigenvalue weighted by atomic mass is 10.1. The van der Waals surface area contributed by atoms with Crippen LogP contribution in [0.25, 0.3) is 10.9 Å². The van der Waals surface area contributed by atoms with Crippen molar-refractivity contribution >= 4 is 57.6 Å². The molecule has 22 heavy (non-hydrogen) atoms. The summed E-state index contributed by atoms with van der Waals surface area (Å²) in [5.74, 6) is -0.128. The van der Waals surface area contributed by atoms with Crippen LogP contribution in [0.2, 0.25) is 0 Å². The van der Waals surface area contributed by atoms with E-state index < -0.39 is 5.54 Å². The number of halogens is 3. The number of amides is 1. The van der Waals surface area contributed by atoms with Crippen LogP contribution in [0.15, 0.2) is 28.7 Å². The molecule has 2 rings (SSSR count). The number of rotatable bonds is 3. The number of aromatic nitrogens is 1. The molecule has 1 amide bonds. The van der Waals surface area contributed by atoms with Gasteiger partial charge in [-0.25, -0.2) is 0 Å². The smallest absolute Gasteiger partial charge is 0.252 e. The van der Waals surface area contributed by atoms with Crippen molar-refractivity contribution in [3.8, 4) is 0 Å². The Morgan fingerprint density at radius 3 is 2.55 bits per heavy atom. The van der Waals surface area contributed by atoms with Gasteiger partial charge in [0.25, 0.3) is 5.91 Å². The second kappa shape index (κ2) is 8.11. The van der Waals surface area contributed by atoms with E-state index in [1.54, 1.807) is 6.07 Å². The van der Waals surface area contributed by atoms with E-state index in [0.29, 0.717) is 12.1 Å². The Bertz CT molecular complexity index is 672. The monoisotopic (exact) mass is 407 g/mol. The Hall–Kier alpha value is -0.880. The predicted octanol–water partition coefficient (Wildman–Crippen LogP) is 3.62. The average Bonchev–Trinajstić information content (AvgIpc) is 2.34. The average molecular weight is 409 g/mol. The largest absolute Gasteiger partial charge is 0.350 e. The number of carbonyl (C=O) groups is 1. The summed E-state index contributed by atoms with van der Waals surface area (Å²) in [6.45, 7) is 6.05. The van der Waals surface area contributed by atoms with Crippen LogP contribution in [0.1, 0.15) is 29.9 Å². The highest BCUT2D eigenvalue weighted by Crippen LogP contribution is 2.22. The van der Waals surface area contributed by atoms with Crippen molar-refractivity contribution in [2.45, 2.75) is 26.3 Å². The van der Waals surface area contributed by atoms with Crippen LogP contribution in [0.5, 0.6) is 0 Å². The van der Waals surface area contributed by atoms with Gasteiger partial charge >= 0.3 is 0 Å². The number of nitrogens with two attached hydrogens (primary N) is 1. The lowest BCUT2D eigenvalue weighted by Gasteiger charge is -2.19. The number of nitrogens with zero attached hydrogens (tertiary/aromatic N) is 1. The molecule has 1 aromatic carbocycles. The van der Waals surface area contributed by atoms with Crippen LogP contribution in [-0.2, 0) is 0 Å². The van der Waals surface area contributed by atoms with E-state index in [1.165, 1.54) is 0 Å². The molecule has 0 bridgehead atoms. The Labute approximate surface area is 151 Å². The molecule has 0 spiro atoms. The number of carbonyl (C=O) groups excluding carboxylic acids is 1. The van der Waals surface area contributed by atoms with E-state index in [4.69, 9.17) is 5.73 Å². The van der Waals surface area contributed by atoms with Crippen molar-refractivity contribution in [2.75, 3.05) is 6.54 Å². The summed E-state index contributed by atoms with van der Waals surface area (Å²) >= 11 is 3.43. The molecule has 0 aliphatic heterocycles. The van der Waals surface area contributed by atoms with E-state index >= 15 is 0 Å². The van der Waals surface area contributed by atoms with Crippen LogP contribution in [0.4, 0.5) is 0 Å². The maximum atomic E-state index is 12.4. The Kier molecular flexibility index (Phi) is 7.78. The van der Waals surface area contributed by atoms with Crippen LogP contribution >= 0.6 is 40.7 Å². The van der Waals surface area contributed by atoms with Gasteiger partial charge in [0.05, 0.1) is 11.1 Å². The molecule has 122 valence electrons. The van der Waals surface area contributed by atoms with Gasteiger partial charge in [0.15, 0.2) is 0 Å². The molecule has 1 aromatic heterocycles. The third-order valence-electron chi connectivity index (χ3n) is 2.85. The zero-order chi connectivity index (χ0) is 14.9. The zero-order valence-electron chi connectivity index (χ0n) is 12.6. The Balaban J connectivity index is 0.00000220. The first-order chi connectivity index (χ1) is 9.26. The summed E-state index contributed by atoms with van der Waals surface area (Å²) in [4.78, 5) is 16.8. The molecule has 0 aliphatic rings. The first-order valence-corrected chi connectivity index (χ1v) is 7.19. The van der Waals surface area contributed by atoms with Crippen LogP contribution in [0, 0.1) is 6.92 Å². The van der Waals surface area contributed by atoms with Crippen molar-refractivity contribution in [3.63, 3.8) is 0 Å². The molecule has 7 heteroatoms. The third-order valence-corrected chi connectivity index (χ3v) is 3.34. The van der Waals surface area contributed by atoms with Crippen molar-refractivity contribution in [3.05, 3.63) is 40.0 Å². The van der Waals surface area contributed by atoms with Gasteiger partial charge in [-0.05, 0) is 45.0 Å². The van der Waals surface area contributed by atoms with E-state index in [9.17, 15) is 4.79 Å². The zero-order valence-corrected chi connectivity index (χ0v) is 15.9. The van der Waals surface area contributed by atoms with Gasteiger partial charge in [0.1, 0.15) is 0 Å². The van der Waals surface area contributed by atoms with Crippen LogP contribution in [-0.4, -0.2) is 23.0 Å². The topological polar surface area (TPSA) is 68.0 Å². The molecule has 3 N–H and O–H groups in total. The fourth-order valence-electron chi connectivity index (χ4n) is 1.92. The summed E-state index contributed by atoms with van der Waals surface area (Å²) in [7, 11) is 0. The Morgan fingerprint density at radius 2 is 1.95 bits per heavy atom. The van der Waals surface area contributed by atoms with E-state index in [0.717, 1.165) is 21.1 Å². The number of fused-ring (bicyclic) bond motifs is 1. The standard InChI is InChI=1S/C15H18BrN3O.2ClH/c1-9-6-12(14(20)18-8-15(2,3)17)11-7-10(16)4-5-13(11)19-9;;/h4-7H,8,17H2,1-3H3,(H,18,20);2*1H. The number of hydrogen-bond acceptors (Lipinski definition) is 3. The SMILES string of the molecule is Cc1cc(C(=O)NCC(C)(C)N)c2cc(Br)ccc2n1.Cl.Cl. The van der Waals surface area contributed by atoms with Gasteiger partial charge in [-0.2, -0.15) is 0 Å². The molecule has 4 nitrogen and oxygen atoms in total. The third kappa shape index (κ3) is 5.39. The highest BCUT2D eigenvalue weighted by Gasteiger charge is 2.16. The van der Waals surface area contributed by atoms with Gasteiger partial charge in [-0.3, -0.25) is 9.78 Å². The number of aryl methyl sites for hydroxylation is 1. The lowest BCUT2D eigenvalue weighted by molar-refractivity contribution is 0.0947. The minimum atomic E-state index is -0.436. The van der Waals surface area contributed by atoms with Gasteiger partial charge in [0.2, 0.25) is 0 Å². The predicted molar refractivity (Wildman–Crippen MR) is 99.3 cm³/mol. The molecule has 0 atom stereocenters. The number of pyridine rings is 1. The summed E-state index contributed by atoms with van der Waals surface area (Å²) in [5.41, 5.74) is 7.71. The minimum Gasteiger partial charge on any atom is -0.350 e. The molecule has 0 radical (unpaired) electrons. The molecule has 0 unspecified atom stereocenters. The second-order valence-corrected chi connectivity index (χ2v) is 6.56. The van der Waals surface area contributed by atoms with E-state index in [1.807, 2.05) is 39.0 Å². The molecule has 0 saturated carbocycles. The van der Waals surface area contributed by atoms with Crippen molar-refractivity contribution in [1.29, 1.82) is 0 Å². The summed E-state index contributed by atoms with van der Waals surface area (Å²) in [5, 5.41) is 3.70. The summed E-state index contributed by atoms with van der Waals surface area (Å²) in [6.07, 6.45) is 0. The van der Waals surface area contributed by atoms with E-state index in [-0.39, 0.29) is 30.7 Å². The maximum absolute atomic E-state index is 12.4. The van der Waals surface area contributed by atoms with Gasteiger partial charge < -0.3 is 11.1 Å². The quantitative estimate of drug-likeness (QED) is 0.814. The molecule has 0 aliphatic carbocycles. The van der Waals surface area contributed by atoms with Gasteiger partial charge in [0, 0.05) is 27.6 Å². The molecule has 0 saturated heterocycles. The lowest BCUT2D eigenvalue weighted by Crippen LogP contribution is -2.45. The normalized spacial score (nSPS) is 10.6. The summed E-state index contributed by atoms with van der Waals surface area (Å²) < 4.78 is 0.920. The molecule has 0 fully saturated rings. The fraction of sp³-hybridized carbons (Fsp3) is 0.333. The van der Waals surface area contributed by atoms with Gasteiger partial charge in [-0.15, -0.1) is 24.8 Å². The first kappa shape index (κ1) is 21.1. The van der Waals surface area contributed by atoms with Gasteiger partial charge in [-0.1, -0.05) is 15.9 Å². The highest BCUT2D eigenvalue weighted by atomic mass is 79.9. The van der Waals surface area contributed by atoms with Crippen LogP contribution < -0.4 is 11.1 Å². The molecular formula is C15H20BrCl2N3O. The molecule has 2 aromatic rings. The first-order valence-electron chi connectivity index (χ1n) is 6.40. The highest BCUT2D eigenvalue weighted by molar-refractivity contribution is 9.10. The second-order valence-electron chi connectivity index (χ2n) is 5.64. The fourth-order valence-corrected chi connectivity index (χ4v) is 2.28. The number of benzene rings is 1. The summed E-state index contributed by atoms with van der Waals surface area (Å²) in [6, 6.07) is 7.52.